The van der Waals surface area contributed by atoms with Gasteiger partial charge in [-0.1, -0.05) is 24.3 Å². The minimum Gasteiger partial charge on any atom is -0.342 e. The fraction of sp³-hybridized carbons (Fsp3) is 0.182. The van der Waals surface area contributed by atoms with Crippen molar-refractivity contribution in [3.05, 3.63) is 83.7 Å². The molecule has 0 aliphatic rings. The predicted octanol–water partition coefficient (Wildman–Crippen LogP) is 4.02. The van der Waals surface area contributed by atoms with Crippen LogP contribution in [0.3, 0.4) is 0 Å². The van der Waals surface area contributed by atoms with Crippen LogP contribution in [-0.4, -0.2) is 28.3 Å². The average Bonchev–Trinajstić information content (AvgIpc) is 3.18. The number of carbonyl (C=O) groups is 2. The van der Waals surface area contributed by atoms with E-state index in [1.54, 1.807) is 11.9 Å². The lowest BCUT2D eigenvalue weighted by Gasteiger charge is -2.18. The van der Waals surface area contributed by atoms with Gasteiger partial charge in [0.25, 0.3) is 5.91 Å². The number of nitrogens with zero attached hydrogens (tertiary/aromatic N) is 2. The zero-order chi connectivity index (χ0) is 19.4. The second kappa shape index (κ2) is 7.91. The number of hydrogen-bond acceptors (Lipinski definition) is 2. The Morgan fingerprint density at radius 1 is 1.04 bits per heavy atom. The summed E-state index contributed by atoms with van der Waals surface area (Å²) in [5.74, 6) is -0.202. The molecule has 1 heterocycles. The molecule has 0 aliphatic carbocycles. The van der Waals surface area contributed by atoms with Crippen molar-refractivity contribution in [1.82, 2.24) is 9.47 Å². The number of para-hydroxylation sites is 1. The Kier molecular flexibility index (Phi) is 5.41. The van der Waals surface area contributed by atoms with E-state index in [4.69, 9.17) is 0 Å². The van der Waals surface area contributed by atoms with Crippen LogP contribution >= 0.6 is 0 Å². The molecule has 5 nitrogen and oxygen atoms in total. The molecule has 3 rings (SSSR count). The second-order valence-corrected chi connectivity index (χ2v) is 6.58. The van der Waals surface area contributed by atoms with Crippen molar-refractivity contribution in [3.8, 4) is 5.69 Å². The SMILES string of the molecule is CC(=O)N(C)Cc1ccccc1NC(=O)c1ccc(C)c(-n2cccc2)c1. The van der Waals surface area contributed by atoms with Gasteiger partial charge in [0.2, 0.25) is 5.91 Å². The Bertz CT molecular complexity index is 961. The van der Waals surface area contributed by atoms with Gasteiger partial charge in [0, 0.05) is 49.8 Å². The molecular weight excluding hydrogens is 338 g/mol. The number of aromatic nitrogens is 1. The van der Waals surface area contributed by atoms with E-state index in [0.29, 0.717) is 17.8 Å². The molecule has 2 amide bonds. The van der Waals surface area contributed by atoms with Gasteiger partial charge in [0.15, 0.2) is 0 Å². The molecule has 0 unspecified atom stereocenters. The van der Waals surface area contributed by atoms with Gasteiger partial charge in [-0.2, -0.15) is 0 Å². The Morgan fingerprint density at radius 3 is 2.44 bits per heavy atom. The zero-order valence-electron chi connectivity index (χ0n) is 15.8. The van der Waals surface area contributed by atoms with Crippen molar-refractivity contribution < 1.29 is 9.59 Å². The van der Waals surface area contributed by atoms with Crippen LogP contribution in [0.5, 0.6) is 0 Å². The van der Waals surface area contributed by atoms with E-state index in [0.717, 1.165) is 16.8 Å². The quantitative estimate of drug-likeness (QED) is 0.746. The van der Waals surface area contributed by atoms with Crippen LogP contribution in [0.1, 0.15) is 28.4 Å². The predicted molar refractivity (Wildman–Crippen MR) is 107 cm³/mol. The molecule has 3 aromatic rings. The Labute approximate surface area is 159 Å². The average molecular weight is 361 g/mol. The topological polar surface area (TPSA) is 54.3 Å². The number of nitrogens with one attached hydrogen (secondary N) is 1. The van der Waals surface area contributed by atoms with E-state index >= 15 is 0 Å². The Hall–Kier alpha value is -3.34. The summed E-state index contributed by atoms with van der Waals surface area (Å²) in [4.78, 5) is 26.0. The van der Waals surface area contributed by atoms with Crippen LogP contribution in [0.4, 0.5) is 5.69 Å². The van der Waals surface area contributed by atoms with Gasteiger partial charge in [-0.25, -0.2) is 0 Å². The molecule has 0 saturated heterocycles. The third-order valence-corrected chi connectivity index (χ3v) is 4.56. The van der Waals surface area contributed by atoms with Crippen LogP contribution in [0.15, 0.2) is 67.0 Å². The highest BCUT2D eigenvalue weighted by Crippen LogP contribution is 2.20. The molecule has 0 atom stereocenters. The minimum atomic E-state index is -0.179. The number of hydrogen-bond donors (Lipinski definition) is 1. The van der Waals surface area contributed by atoms with E-state index < -0.39 is 0 Å². The van der Waals surface area contributed by atoms with Crippen molar-refractivity contribution in [2.45, 2.75) is 20.4 Å². The van der Waals surface area contributed by atoms with E-state index in [1.807, 2.05) is 78.5 Å². The van der Waals surface area contributed by atoms with Gasteiger partial charge in [-0.3, -0.25) is 9.59 Å². The summed E-state index contributed by atoms with van der Waals surface area (Å²) < 4.78 is 1.99. The number of anilines is 1. The largest absolute Gasteiger partial charge is 0.342 e. The highest BCUT2D eigenvalue weighted by Gasteiger charge is 2.13. The second-order valence-electron chi connectivity index (χ2n) is 6.58. The molecular formula is C22H23N3O2. The van der Waals surface area contributed by atoms with Gasteiger partial charge in [0.05, 0.1) is 0 Å². The van der Waals surface area contributed by atoms with Crippen LogP contribution in [-0.2, 0) is 11.3 Å². The standard InChI is InChI=1S/C22H23N3O2/c1-16-10-11-18(14-21(16)25-12-6-7-13-25)22(27)23-20-9-5-4-8-19(20)15-24(3)17(2)26/h4-14H,15H2,1-3H3,(H,23,27). The first kappa shape index (κ1) is 18.5. The molecule has 138 valence electrons. The molecule has 0 aliphatic heterocycles. The first-order valence-corrected chi connectivity index (χ1v) is 8.80. The summed E-state index contributed by atoms with van der Waals surface area (Å²) in [5, 5.41) is 2.98. The lowest BCUT2D eigenvalue weighted by molar-refractivity contribution is -0.128. The molecule has 0 fully saturated rings. The Balaban J connectivity index is 1.84. The fourth-order valence-electron chi connectivity index (χ4n) is 2.87. The first-order chi connectivity index (χ1) is 13.0. The van der Waals surface area contributed by atoms with Crippen molar-refractivity contribution in [3.63, 3.8) is 0 Å². The van der Waals surface area contributed by atoms with Gasteiger partial charge in [-0.05, 0) is 48.4 Å². The molecule has 1 aromatic heterocycles. The van der Waals surface area contributed by atoms with E-state index in [2.05, 4.69) is 5.32 Å². The summed E-state index contributed by atoms with van der Waals surface area (Å²) in [6.45, 7) is 3.98. The molecule has 0 spiro atoms. The number of rotatable bonds is 5. The van der Waals surface area contributed by atoms with Gasteiger partial charge in [-0.15, -0.1) is 0 Å². The molecule has 0 bridgehead atoms. The maximum atomic E-state index is 12.8. The summed E-state index contributed by atoms with van der Waals surface area (Å²) in [7, 11) is 1.74. The van der Waals surface area contributed by atoms with Crippen LogP contribution in [0.25, 0.3) is 5.69 Å². The summed E-state index contributed by atoms with van der Waals surface area (Å²) in [6, 6.07) is 17.1. The van der Waals surface area contributed by atoms with Crippen molar-refractivity contribution in [1.29, 1.82) is 0 Å². The summed E-state index contributed by atoms with van der Waals surface area (Å²) >= 11 is 0. The lowest BCUT2D eigenvalue weighted by Crippen LogP contribution is -2.24. The Morgan fingerprint density at radius 2 is 1.74 bits per heavy atom. The van der Waals surface area contributed by atoms with Crippen molar-refractivity contribution >= 4 is 17.5 Å². The van der Waals surface area contributed by atoms with E-state index in [9.17, 15) is 9.59 Å². The number of benzene rings is 2. The maximum Gasteiger partial charge on any atom is 0.255 e. The lowest BCUT2D eigenvalue weighted by atomic mass is 10.1. The van der Waals surface area contributed by atoms with Crippen LogP contribution < -0.4 is 5.32 Å². The highest BCUT2D eigenvalue weighted by atomic mass is 16.2. The molecule has 0 saturated carbocycles. The molecule has 5 heteroatoms. The van der Waals surface area contributed by atoms with E-state index in [-0.39, 0.29) is 11.8 Å². The fourth-order valence-corrected chi connectivity index (χ4v) is 2.87. The van der Waals surface area contributed by atoms with Crippen molar-refractivity contribution in [2.75, 3.05) is 12.4 Å². The highest BCUT2D eigenvalue weighted by molar-refractivity contribution is 6.05. The third-order valence-electron chi connectivity index (χ3n) is 4.56. The number of carbonyl (C=O) groups excluding carboxylic acids is 2. The van der Waals surface area contributed by atoms with E-state index in [1.165, 1.54) is 6.92 Å². The van der Waals surface area contributed by atoms with Crippen LogP contribution in [0.2, 0.25) is 0 Å². The van der Waals surface area contributed by atoms with Gasteiger partial charge >= 0.3 is 0 Å². The maximum absolute atomic E-state index is 12.8. The summed E-state index contributed by atoms with van der Waals surface area (Å²) in [6.07, 6.45) is 3.91. The number of aryl methyl sites for hydroxylation is 1. The molecule has 2 aromatic carbocycles. The summed E-state index contributed by atoms with van der Waals surface area (Å²) in [5.41, 5.74) is 4.24. The monoisotopic (exact) mass is 361 g/mol. The first-order valence-electron chi connectivity index (χ1n) is 8.80. The minimum absolute atomic E-state index is 0.0222. The van der Waals surface area contributed by atoms with Crippen molar-refractivity contribution in [2.24, 2.45) is 0 Å². The molecule has 1 N–H and O–H groups in total. The third kappa shape index (κ3) is 4.26. The van der Waals surface area contributed by atoms with Crippen LogP contribution in [0, 0.1) is 6.92 Å². The van der Waals surface area contributed by atoms with Gasteiger partial charge in [0.1, 0.15) is 0 Å². The smallest absolute Gasteiger partial charge is 0.255 e. The number of amides is 2. The molecule has 0 radical (unpaired) electrons. The normalized spacial score (nSPS) is 10.5. The molecule has 27 heavy (non-hydrogen) atoms. The zero-order valence-corrected chi connectivity index (χ0v) is 15.8. The van der Waals surface area contributed by atoms with Gasteiger partial charge < -0.3 is 14.8 Å².